The average Bonchev–Trinajstić information content (AvgIpc) is 3.48. The summed E-state index contributed by atoms with van der Waals surface area (Å²) in [5.41, 5.74) is 6.36. The summed E-state index contributed by atoms with van der Waals surface area (Å²) in [6.45, 7) is 14.1. The van der Waals surface area contributed by atoms with E-state index in [2.05, 4.69) is 76.2 Å². The second-order valence-electron chi connectivity index (χ2n) is 16.0. The summed E-state index contributed by atoms with van der Waals surface area (Å²) in [6.07, 6.45) is 8.83. The van der Waals surface area contributed by atoms with Gasteiger partial charge >= 0.3 is 5.97 Å². The summed E-state index contributed by atoms with van der Waals surface area (Å²) in [6, 6.07) is 33.1. The minimum atomic E-state index is -0.746. The van der Waals surface area contributed by atoms with E-state index >= 15 is 0 Å². The summed E-state index contributed by atoms with van der Waals surface area (Å²) >= 11 is 0. The van der Waals surface area contributed by atoms with Gasteiger partial charge in [0.15, 0.2) is 0 Å². The Labute approximate surface area is 327 Å². The first-order chi connectivity index (χ1) is 26.6. The molecule has 7 heteroatoms. The van der Waals surface area contributed by atoms with Crippen molar-refractivity contribution in [1.82, 2.24) is 9.97 Å². The number of benzene rings is 4. The SMILES string of the molecule is CCCCCCC(C)(C)OCCOc1ccc(C2(c3ccc(OCCOC(=O)C(C)(C)CCCC)cc3)c3ccccc3-c3nc4ccccc4nc32)cc1. The van der Waals surface area contributed by atoms with Crippen LogP contribution in [0.25, 0.3) is 22.3 Å². The molecule has 0 spiro atoms. The highest BCUT2D eigenvalue weighted by Crippen LogP contribution is 2.55. The van der Waals surface area contributed by atoms with Crippen LogP contribution in [0.5, 0.6) is 11.5 Å². The monoisotopic (exact) mass is 742 g/mol. The molecule has 290 valence electrons. The quantitative estimate of drug-likeness (QED) is 0.0569. The normalized spacial score (nSPS) is 15.1. The van der Waals surface area contributed by atoms with E-state index < -0.39 is 10.8 Å². The van der Waals surface area contributed by atoms with E-state index in [1.165, 1.54) is 25.7 Å². The van der Waals surface area contributed by atoms with E-state index in [0.29, 0.717) is 19.0 Å². The highest BCUT2D eigenvalue weighted by Gasteiger charge is 2.48. The molecule has 0 aliphatic heterocycles. The van der Waals surface area contributed by atoms with Crippen molar-refractivity contribution in [3.63, 3.8) is 0 Å². The minimum absolute atomic E-state index is 0.166. The van der Waals surface area contributed by atoms with Crippen molar-refractivity contribution in [3.8, 4) is 22.8 Å². The van der Waals surface area contributed by atoms with Gasteiger partial charge < -0.3 is 18.9 Å². The van der Waals surface area contributed by atoms with Crippen molar-refractivity contribution < 1.29 is 23.7 Å². The number of nitrogens with zero attached hydrogens (tertiary/aromatic N) is 2. The average molecular weight is 743 g/mol. The van der Waals surface area contributed by atoms with Crippen LogP contribution in [0.3, 0.4) is 0 Å². The molecule has 4 aromatic carbocycles. The van der Waals surface area contributed by atoms with Crippen LogP contribution in [-0.2, 0) is 19.7 Å². The van der Waals surface area contributed by atoms with Crippen molar-refractivity contribution >= 4 is 17.0 Å². The molecule has 0 saturated carbocycles. The smallest absolute Gasteiger partial charge is 0.311 e. The molecule has 1 aliphatic carbocycles. The molecule has 1 aromatic heterocycles. The lowest BCUT2D eigenvalue weighted by Gasteiger charge is -2.32. The third-order valence-electron chi connectivity index (χ3n) is 10.9. The number of rotatable bonds is 20. The van der Waals surface area contributed by atoms with Crippen LogP contribution in [0.2, 0.25) is 0 Å². The lowest BCUT2D eigenvalue weighted by Crippen LogP contribution is -2.30. The summed E-state index contributed by atoms with van der Waals surface area (Å²) in [4.78, 5) is 23.3. The third kappa shape index (κ3) is 9.05. The topological polar surface area (TPSA) is 79.8 Å². The first-order valence-electron chi connectivity index (χ1n) is 20.2. The van der Waals surface area contributed by atoms with Gasteiger partial charge in [-0.15, -0.1) is 0 Å². The minimum Gasteiger partial charge on any atom is -0.491 e. The third-order valence-corrected chi connectivity index (χ3v) is 10.9. The van der Waals surface area contributed by atoms with E-state index in [1.54, 1.807) is 0 Å². The highest BCUT2D eigenvalue weighted by atomic mass is 16.6. The number of para-hydroxylation sites is 2. The molecule has 0 radical (unpaired) electrons. The van der Waals surface area contributed by atoms with Gasteiger partial charge in [0.2, 0.25) is 0 Å². The second-order valence-corrected chi connectivity index (χ2v) is 16.0. The molecule has 0 N–H and O–H groups in total. The van der Waals surface area contributed by atoms with Gasteiger partial charge in [-0.2, -0.15) is 0 Å². The number of unbranched alkanes of at least 4 members (excludes halogenated alkanes) is 4. The molecule has 0 fully saturated rings. The predicted molar refractivity (Wildman–Crippen MR) is 221 cm³/mol. The van der Waals surface area contributed by atoms with Gasteiger partial charge in [0, 0.05) is 5.56 Å². The van der Waals surface area contributed by atoms with Crippen LogP contribution in [-0.4, -0.2) is 48.0 Å². The molecule has 7 nitrogen and oxygen atoms in total. The number of carbonyl (C=O) groups is 1. The number of esters is 1. The van der Waals surface area contributed by atoms with Crippen LogP contribution in [0.1, 0.15) is 115 Å². The lowest BCUT2D eigenvalue weighted by molar-refractivity contribution is -0.155. The molecule has 1 unspecified atom stereocenters. The maximum Gasteiger partial charge on any atom is 0.311 e. The molecular formula is C48H58N2O5. The maximum atomic E-state index is 12.7. The predicted octanol–water partition coefficient (Wildman–Crippen LogP) is 11.3. The van der Waals surface area contributed by atoms with Gasteiger partial charge in [0.05, 0.1) is 45.5 Å². The zero-order valence-corrected chi connectivity index (χ0v) is 33.7. The van der Waals surface area contributed by atoms with Crippen LogP contribution in [0.4, 0.5) is 0 Å². The fraction of sp³-hybridized carbons (Fsp3) is 0.438. The zero-order valence-electron chi connectivity index (χ0n) is 33.7. The van der Waals surface area contributed by atoms with Crippen molar-refractivity contribution in [3.05, 3.63) is 119 Å². The largest absolute Gasteiger partial charge is 0.491 e. The van der Waals surface area contributed by atoms with Crippen LogP contribution in [0, 0.1) is 5.41 Å². The summed E-state index contributed by atoms with van der Waals surface area (Å²) in [7, 11) is 0. The van der Waals surface area contributed by atoms with Gasteiger partial charge in [-0.25, -0.2) is 9.97 Å². The molecule has 6 rings (SSSR count). The Morgan fingerprint density at radius 1 is 0.618 bits per heavy atom. The number of hydrogen-bond acceptors (Lipinski definition) is 7. The standard InChI is InChI=1S/C48H58N2O5/c1-7-9-11-16-30-47(5,6)55-34-33-53-38-27-23-36(24-28-38)48(35-21-25-37(26-22-35)52-31-32-54-45(51)46(3,4)29-10-8-2)40-18-13-12-17-39(40)43-44(48)50-42-20-15-14-19-41(42)49-43/h12-15,17-28H,7-11,16,29-34H2,1-6H3. The Kier molecular flexibility index (Phi) is 12.9. The number of hydrogen-bond donors (Lipinski definition) is 0. The van der Waals surface area contributed by atoms with Crippen LogP contribution in [0.15, 0.2) is 97.1 Å². The Hall–Kier alpha value is -4.75. The molecule has 0 saturated heterocycles. The number of aromatic nitrogens is 2. The van der Waals surface area contributed by atoms with Gasteiger partial charge in [0.25, 0.3) is 0 Å². The Morgan fingerprint density at radius 2 is 1.20 bits per heavy atom. The number of fused-ring (bicyclic) bond motifs is 4. The van der Waals surface area contributed by atoms with Gasteiger partial charge in [0.1, 0.15) is 31.3 Å². The maximum absolute atomic E-state index is 12.7. The Morgan fingerprint density at radius 3 is 1.84 bits per heavy atom. The molecule has 0 amide bonds. The summed E-state index contributed by atoms with van der Waals surface area (Å²) in [5.74, 6) is 1.31. The van der Waals surface area contributed by atoms with E-state index in [-0.39, 0.29) is 24.8 Å². The van der Waals surface area contributed by atoms with Crippen LogP contribution < -0.4 is 9.47 Å². The van der Waals surface area contributed by atoms with E-state index in [0.717, 1.165) is 76.1 Å². The van der Waals surface area contributed by atoms with Gasteiger partial charge in [-0.05, 0) is 93.6 Å². The van der Waals surface area contributed by atoms with E-state index in [9.17, 15) is 4.79 Å². The van der Waals surface area contributed by atoms with Crippen LogP contribution >= 0.6 is 0 Å². The molecule has 55 heavy (non-hydrogen) atoms. The van der Waals surface area contributed by atoms with Crippen molar-refractivity contribution in [1.29, 1.82) is 0 Å². The molecule has 1 heterocycles. The highest BCUT2D eigenvalue weighted by molar-refractivity contribution is 5.87. The molecular weight excluding hydrogens is 685 g/mol. The second kappa shape index (κ2) is 17.8. The lowest BCUT2D eigenvalue weighted by atomic mass is 9.69. The molecule has 1 aliphatic rings. The zero-order chi connectivity index (χ0) is 38.9. The van der Waals surface area contributed by atoms with Crippen molar-refractivity contribution in [2.45, 2.75) is 104 Å². The fourth-order valence-electron chi connectivity index (χ4n) is 7.68. The van der Waals surface area contributed by atoms with E-state index in [1.807, 2.05) is 62.4 Å². The Balaban J connectivity index is 1.25. The van der Waals surface area contributed by atoms with Gasteiger partial charge in [-0.3, -0.25) is 4.79 Å². The van der Waals surface area contributed by atoms with E-state index in [4.69, 9.17) is 28.9 Å². The molecule has 5 aromatic rings. The first kappa shape index (κ1) is 39.9. The summed E-state index contributed by atoms with van der Waals surface area (Å²) < 4.78 is 24.1. The summed E-state index contributed by atoms with van der Waals surface area (Å²) in [5, 5.41) is 0. The first-order valence-corrected chi connectivity index (χ1v) is 20.2. The number of ether oxygens (including phenoxy) is 4. The van der Waals surface area contributed by atoms with Crippen molar-refractivity contribution in [2.24, 2.45) is 5.41 Å². The fourth-order valence-corrected chi connectivity index (χ4v) is 7.68. The Bertz CT molecular complexity index is 2020. The molecule has 0 bridgehead atoms. The molecule has 1 atom stereocenters. The number of carbonyl (C=O) groups excluding carboxylic acids is 1. The van der Waals surface area contributed by atoms with Gasteiger partial charge in [-0.1, -0.05) is 113 Å². The van der Waals surface area contributed by atoms with Crippen molar-refractivity contribution in [2.75, 3.05) is 26.4 Å².